The van der Waals surface area contributed by atoms with Gasteiger partial charge in [0.2, 0.25) is 0 Å². The minimum atomic E-state index is -0.0916. The highest BCUT2D eigenvalue weighted by Gasteiger charge is 2.25. The normalized spacial score (nSPS) is 21.5. The maximum Gasteiger partial charge on any atom is 0.264 e. The van der Waals surface area contributed by atoms with Gasteiger partial charge in [0, 0.05) is 0 Å². The predicted octanol–water partition coefficient (Wildman–Crippen LogP) is 4.38. The van der Waals surface area contributed by atoms with Gasteiger partial charge in [-0.05, 0) is 62.2 Å². The molecule has 1 N–H and O–H groups in total. The molecule has 1 aromatic rings. The first-order valence-electron chi connectivity index (χ1n) is 9.18. The summed E-state index contributed by atoms with van der Waals surface area (Å²) in [5.41, 5.74) is 0.898. The Morgan fingerprint density at radius 1 is 1.23 bits per heavy atom. The summed E-state index contributed by atoms with van der Waals surface area (Å²) < 4.78 is 11.1. The van der Waals surface area contributed by atoms with E-state index in [1.165, 1.54) is 31.0 Å². The maximum absolute atomic E-state index is 12.3. The number of amides is 1. The molecular formula is C20H26N2O3S. The van der Waals surface area contributed by atoms with E-state index in [9.17, 15) is 4.79 Å². The summed E-state index contributed by atoms with van der Waals surface area (Å²) in [5.74, 6) is 1.27. The molecule has 1 saturated heterocycles. The zero-order valence-electron chi connectivity index (χ0n) is 15.6. The lowest BCUT2D eigenvalue weighted by atomic mass is 9.96. The van der Waals surface area contributed by atoms with Crippen LogP contribution in [0.5, 0.6) is 11.5 Å². The van der Waals surface area contributed by atoms with E-state index in [1.54, 1.807) is 7.11 Å². The highest BCUT2D eigenvalue weighted by molar-refractivity contribution is 8.18. The van der Waals surface area contributed by atoms with Crippen molar-refractivity contribution in [3.8, 4) is 11.5 Å². The number of hydrogen-bond donors (Lipinski definition) is 1. The van der Waals surface area contributed by atoms with Crippen LogP contribution < -0.4 is 14.8 Å². The predicted molar refractivity (Wildman–Crippen MR) is 107 cm³/mol. The quantitative estimate of drug-likeness (QED) is 0.777. The molecule has 5 nitrogen and oxygen atoms in total. The van der Waals surface area contributed by atoms with Crippen molar-refractivity contribution < 1.29 is 14.3 Å². The van der Waals surface area contributed by atoms with Gasteiger partial charge < -0.3 is 14.8 Å². The minimum absolute atomic E-state index is 0.0721. The molecule has 1 saturated carbocycles. The number of thioether (sulfide) groups is 1. The molecule has 1 aromatic carbocycles. The minimum Gasteiger partial charge on any atom is -0.493 e. The molecule has 0 spiro atoms. The van der Waals surface area contributed by atoms with Crippen molar-refractivity contribution in [1.29, 1.82) is 0 Å². The lowest BCUT2D eigenvalue weighted by Gasteiger charge is -2.17. The summed E-state index contributed by atoms with van der Waals surface area (Å²) in [6.07, 6.45) is 7.93. The number of carbonyl (C=O) groups is 1. The molecule has 2 aliphatic rings. The summed E-state index contributed by atoms with van der Waals surface area (Å²) in [7, 11) is 1.62. The third-order valence-corrected chi connectivity index (χ3v) is 5.30. The smallest absolute Gasteiger partial charge is 0.264 e. The fourth-order valence-electron chi connectivity index (χ4n) is 3.14. The standard InChI is InChI=1S/C20H26N2O3S/c1-13(2)25-16-10-9-14(11-17(16)24-3)12-18-19(23)22-20(26-18)21-15-7-5-4-6-8-15/h9-13,15H,4-8H2,1-3H3,(H,21,22,23)/b18-12+. The molecule has 0 radical (unpaired) electrons. The van der Waals surface area contributed by atoms with Crippen molar-refractivity contribution in [2.24, 2.45) is 4.99 Å². The van der Waals surface area contributed by atoms with Crippen LogP contribution in [-0.4, -0.2) is 30.3 Å². The summed E-state index contributed by atoms with van der Waals surface area (Å²) in [5, 5.41) is 3.61. The van der Waals surface area contributed by atoms with Gasteiger partial charge in [-0.1, -0.05) is 25.3 Å². The van der Waals surface area contributed by atoms with E-state index in [1.807, 2.05) is 38.1 Å². The van der Waals surface area contributed by atoms with E-state index < -0.39 is 0 Å². The van der Waals surface area contributed by atoms with Crippen LogP contribution in [0.1, 0.15) is 51.5 Å². The van der Waals surface area contributed by atoms with E-state index in [2.05, 4.69) is 5.32 Å². The molecule has 3 rings (SSSR count). The number of nitrogens with zero attached hydrogens (tertiary/aromatic N) is 1. The third kappa shape index (κ3) is 4.81. The lowest BCUT2D eigenvalue weighted by molar-refractivity contribution is -0.115. The Hall–Kier alpha value is -1.95. The number of carbonyl (C=O) groups excluding carboxylic acids is 1. The largest absolute Gasteiger partial charge is 0.493 e. The molecule has 140 valence electrons. The van der Waals surface area contributed by atoms with Crippen LogP contribution in [0.25, 0.3) is 6.08 Å². The van der Waals surface area contributed by atoms with Crippen LogP contribution in [0.3, 0.4) is 0 Å². The van der Waals surface area contributed by atoms with Crippen molar-refractivity contribution in [1.82, 2.24) is 5.32 Å². The van der Waals surface area contributed by atoms with Crippen LogP contribution in [0.4, 0.5) is 0 Å². The van der Waals surface area contributed by atoms with Gasteiger partial charge in [-0.25, -0.2) is 0 Å². The van der Waals surface area contributed by atoms with Crippen LogP contribution >= 0.6 is 11.8 Å². The fraction of sp³-hybridized carbons (Fsp3) is 0.500. The molecule has 0 unspecified atom stereocenters. The molecule has 2 fully saturated rings. The Morgan fingerprint density at radius 2 is 2.00 bits per heavy atom. The maximum atomic E-state index is 12.3. The van der Waals surface area contributed by atoms with Gasteiger partial charge in [-0.15, -0.1) is 0 Å². The summed E-state index contributed by atoms with van der Waals surface area (Å²) in [6.45, 7) is 3.95. The number of aliphatic imine (C=N–C) groups is 1. The average molecular weight is 375 g/mol. The van der Waals surface area contributed by atoms with Gasteiger partial charge in [-0.2, -0.15) is 0 Å². The van der Waals surface area contributed by atoms with E-state index in [0.29, 0.717) is 22.4 Å². The zero-order valence-corrected chi connectivity index (χ0v) is 16.4. The first-order chi connectivity index (χ1) is 12.5. The molecular weight excluding hydrogens is 348 g/mol. The molecule has 1 heterocycles. The monoisotopic (exact) mass is 374 g/mol. The Morgan fingerprint density at radius 3 is 2.69 bits per heavy atom. The Balaban J connectivity index is 1.75. The molecule has 26 heavy (non-hydrogen) atoms. The highest BCUT2D eigenvalue weighted by Crippen LogP contribution is 2.32. The average Bonchev–Trinajstić information content (AvgIpc) is 2.95. The van der Waals surface area contributed by atoms with Crippen molar-refractivity contribution in [3.63, 3.8) is 0 Å². The van der Waals surface area contributed by atoms with Crippen molar-refractivity contribution >= 4 is 28.9 Å². The van der Waals surface area contributed by atoms with Crippen LogP contribution in [-0.2, 0) is 4.79 Å². The van der Waals surface area contributed by atoms with Crippen LogP contribution in [0, 0.1) is 0 Å². The van der Waals surface area contributed by atoms with Gasteiger partial charge >= 0.3 is 0 Å². The molecule has 0 atom stereocenters. The van der Waals surface area contributed by atoms with Crippen molar-refractivity contribution in [3.05, 3.63) is 28.7 Å². The topological polar surface area (TPSA) is 59.9 Å². The van der Waals surface area contributed by atoms with E-state index in [4.69, 9.17) is 14.5 Å². The molecule has 0 bridgehead atoms. The second-order valence-electron chi connectivity index (χ2n) is 6.87. The molecule has 1 aliphatic carbocycles. The number of amidine groups is 1. The highest BCUT2D eigenvalue weighted by atomic mass is 32.2. The first-order valence-corrected chi connectivity index (χ1v) is 10.00. The summed E-state index contributed by atoms with van der Waals surface area (Å²) in [4.78, 5) is 17.6. The number of methoxy groups -OCH3 is 1. The SMILES string of the molecule is COc1cc(/C=C2/SC(=NC3CCCCC3)NC2=O)ccc1OC(C)C. The number of hydrogen-bond acceptors (Lipinski definition) is 5. The van der Waals surface area contributed by atoms with Crippen molar-refractivity contribution in [2.75, 3.05) is 7.11 Å². The summed E-state index contributed by atoms with van der Waals surface area (Å²) in [6, 6.07) is 6.03. The number of ether oxygens (including phenoxy) is 2. The van der Waals surface area contributed by atoms with Crippen LogP contribution in [0.2, 0.25) is 0 Å². The fourth-order valence-corrected chi connectivity index (χ4v) is 4.03. The second-order valence-corrected chi connectivity index (χ2v) is 7.90. The van der Waals surface area contributed by atoms with Gasteiger partial charge in [-0.3, -0.25) is 9.79 Å². The van der Waals surface area contributed by atoms with Crippen LogP contribution in [0.15, 0.2) is 28.1 Å². The van der Waals surface area contributed by atoms with E-state index >= 15 is 0 Å². The van der Waals surface area contributed by atoms with Gasteiger partial charge in [0.25, 0.3) is 5.91 Å². The molecule has 0 aromatic heterocycles. The first kappa shape index (κ1) is 18.8. The Bertz CT molecular complexity index is 722. The zero-order chi connectivity index (χ0) is 18.5. The lowest BCUT2D eigenvalue weighted by Crippen LogP contribution is -2.22. The Kier molecular flexibility index (Phi) is 6.25. The Labute approximate surface area is 159 Å². The van der Waals surface area contributed by atoms with Crippen molar-refractivity contribution in [2.45, 2.75) is 58.1 Å². The van der Waals surface area contributed by atoms with E-state index in [0.717, 1.165) is 23.6 Å². The molecule has 1 amide bonds. The second kappa shape index (κ2) is 8.62. The number of benzene rings is 1. The number of rotatable bonds is 5. The molecule has 1 aliphatic heterocycles. The van der Waals surface area contributed by atoms with E-state index in [-0.39, 0.29) is 12.0 Å². The van der Waals surface area contributed by atoms with Gasteiger partial charge in [0.1, 0.15) is 0 Å². The number of nitrogens with one attached hydrogen (secondary N) is 1. The third-order valence-electron chi connectivity index (χ3n) is 4.37. The van der Waals surface area contributed by atoms with Gasteiger partial charge in [0.05, 0.1) is 24.2 Å². The summed E-state index contributed by atoms with van der Waals surface area (Å²) >= 11 is 1.41. The van der Waals surface area contributed by atoms with Gasteiger partial charge in [0.15, 0.2) is 16.7 Å². The molecule has 6 heteroatoms.